The van der Waals surface area contributed by atoms with Gasteiger partial charge in [0.05, 0.1) is 6.20 Å². The molecule has 0 saturated carbocycles. The summed E-state index contributed by atoms with van der Waals surface area (Å²) in [6.07, 6.45) is 6.31. The molecule has 0 saturated heterocycles. The van der Waals surface area contributed by atoms with Crippen molar-refractivity contribution in [2.24, 2.45) is 7.05 Å². The van der Waals surface area contributed by atoms with Gasteiger partial charge in [-0.1, -0.05) is 15.9 Å². The van der Waals surface area contributed by atoms with Crippen molar-refractivity contribution in [1.82, 2.24) is 9.78 Å². The Morgan fingerprint density at radius 3 is 3.06 bits per heavy atom. The predicted octanol–water partition coefficient (Wildman–Crippen LogP) is 3.21. The van der Waals surface area contributed by atoms with Gasteiger partial charge in [-0.05, 0) is 30.5 Å². The zero-order valence-corrected chi connectivity index (χ0v) is 11.3. The van der Waals surface area contributed by atoms with Gasteiger partial charge in [-0.15, -0.1) is 0 Å². The van der Waals surface area contributed by atoms with Crippen LogP contribution in [0.1, 0.15) is 12.0 Å². The number of aromatic nitrogens is 2. The van der Waals surface area contributed by atoms with E-state index in [1.807, 2.05) is 17.9 Å². The lowest BCUT2D eigenvalue weighted by Gasteiger charge is -2.21. The van der Waals surface area contributed by atoms with Crippen LogP contribution >= 0.6 is 15.9 Å². The average Bonchev–Trinajstić information content (AvgIpc) is 2.75. The van der Waals surface area contributed by atoms with Gasteiger partial charge in [0.2, 0.25) is 0 Å². The number of aryl methyl sites for hydroxylation is 1. The minimum Gasteiger partial charge on any atom is -0.385 e. The summed E-state index contributed by atoms with van der Waals surface area (Å²) in [6.45, 7) is 1.07. The molecular formula is C13H14BrN3. The van der Waals surface area contributed by atoms with Crippen molar-refractivity contribution in [1.29, 1.82) is 0 Å². The van der Waals surface area contributed by atoms with E-state index in [-0.39, 0.29) is 0 Å². The van der Waals surface area contributed by atoms with Gasteiger partial charge < -0.3 is 5.32 Å². The molecule has 2 heterocycles. The Labute approximate surface area is 109 Å². The Morgan fingerprint density at radius 1 is 1.41 bits per heavy atom. The van der Waals surface area contributed by atoms with Crippen LogP contribution in [-0.4, -0.2) is 16.3 Å². The van der Waals surface area contributed by atoms with E-state index in [9.17, 15) is 0 Å². The number of hydrogen-bond acceptors (Lipinski definition) is 2. The molecule has 88 valence electrons. The summed E-state index contributed by atoms with van der Waals surface area (Å²) in [5, 5.41) is 7.72. The molecule has 0 amide bonds. The van der Waals surface area contributed by atoms with Crippen LogP contribution < -0.4 is 5.32 Å². The number of anilines is 1. The van der Waals surface area contributed by atoms with Gasteiger partial charge in [0, 0.05) is 41.1 Å². The van der Waals surface area contributed by atoms with E-state index in [0.717, 1.165) is 17.4 Å². The first-order valence-electron chi connectivity index (χ1n) is 5.80. The van der Waals surface area contributed by atoms with Gasteiger partial charge in [-0.3, -0.25) is 4.68 Å². The zero-order valence-electron chi connectivity index (χ0n) is 9.70. The van der Waals surface area contributed by atoms with Crippen molar-refractivity contribution in [3.63, 3.8) is 0 Å². The molecular weight excluding hydrogens is 278 g/mol. The number of halogens is 1. The fraction of sp³-hybridized carbons (Fsp3) is 0.308. The number of rotatable bonds is 1. The summed E-state index contributed by atoms with van der Waals surface area (Å²) < 4.78 is 2.99. The van der Waals surface area contributed by atoms with Gasteiger partial charge in [-0.25, -0.2) is 0 Å². The quantitative estimate of drug-likeness (QED) is 0.874. The van der Waals surface area contributed by atoms with E-state index < -0.39 is 0 Å². The highest BCUT2D eigenvalue weighted by atomic mass is 79.9. The number of hydrogen-bond donors (Lipinski definition) is 1. The SMILES string of the molecule is Cn1cc(-c2c(Br)ccc3c2CCCN3)cn1. The molecule has 0 bridgehead atoms. The molecule has 0 aliphatic carbocycles. The summed E-state index contributed by atoms with van der Waals surface area (Å²) in [7, 11) is 1.95. The Morgan fingerprint density at radius 2 is 2.29 bits per heavy atom. The monoisotopic (exact) mass is 291 g/mol. The maximum atomic E-state index is 4.26. The second-order valence-electron chi connectivity index (χ2n) is 4.38. The van der Waals surface area contributed by atoms with E-state index in [0.29, 0.717) is 0 Å². The topological polar surface area (TPSA) is 29.9 Å². The summed E-state index contributed by atoms with van der Waals surface area (Å²) in [6, 6.07) is 4.26. The molecule has 1 aliphatic heterocycles. The smallest absolute Gasteiger partial charge is 0.0568 e. The maximum absolute atomic E-state index is 4.26. The molecule has 0 atom stereocenters. The van der Waals surface area contributed by atoms with Crippen LogP contribution in [0, 0.1) is 0 Å². The fourth-order valence-electron chi connectivity index (χ4n) is 2.40. The van der Waals surface area contributed by atoms with Crippen LogP contribution in [0.5, 0.6) is 0 Å². The van der Waals surface area contributed by atoms with Gasteiger partial charge in [0.1, 0.15) is 0 Å². The summed E-state index contributed by atoms with van der Waals surface area (Å²) in [5.41, 5.74) is 5.12. The lowest BCUT2D eigenvalue weighted by molar-refractivity contribution is 0.768. The Balaban J connectivity index is 2.20. The van der Waals surface area contributed by atoms with Crippen molar-refractivity contribution < 1.29 is 0 Å². The van der Waals surface area contributed by atoms with E-state index in [4.69, 9.17) is 0 Å². The predicted molar refractivity (Wildman–Crippen MR) is 73.2 cm³/mol. The highest BCUT2D eigenvalue weighted by Gasteiger charge is 2.17. The minimum absolute atomic E-state index is 1.07. The molecule has 2 aromatic rings. The van der Waals surface area contributed by atoms with Crippen molar-refractivity contribution >= 4 is 21.6 Å². The van der Waals surface area contributed by atoms with E-state index in [2.05, 4.69) is 44.7 Å². The molecule has 1 aromatic carbocycles. The van der Waals surface area contributed by atoms with Crippen molar-refractivity contribution in [3.05, 3.63) is 34.6 Å². The highest BCUT2D eigenvalue weighted by Crippen LogP contribution is 2.37. The molecule has 17 heavy (non-hydrogen) atoms. The van der Waals surface area contributed by atoms with Crippen LogP contribution in [0.3, 0.4) is 0 Å². The molecule has 0 spiro atoms. The van der Waals surface area contributed by atoms with Crippen LogP contribution in [0.25, 0.3) is 11.1 Å². The Kier molecular flexibility index (Phi) is 2.67. The number of nitrogens with zero attached hydrogens (tertiary/aromatic N) is 2. The van der Waals surface area contributed by atoms with Gasteiger partial charge >= 0.3 is 0 Å². The zero-order chi connectivity index (χ0) is 11.8. The van der Waals surface area contributed by atoms with Gasteiger partial charge in [0.15, 0.2) is 0 Å². The first-order chi connectivity index (χ1) is 8.25. The molecule has 1 aromatic heterocycles. The first kappa shape index (κ1) is 10.8. The molecule has 0 radical (unpaired) electrons. The molecule has 3 rings (SSSR count). The fourth-order valence-corrected chi connectivity index (χ4v) is 3.00. The molecule has 4 heteroatoms. The van der Waals surface area contributed by atoms with Crippen molar-refractivity contribution in [2.45, 2.75) is 12.8 Å². The largest absolute Gasteiger partial charge is 0.385 e. The lowest BCUT2D eigenvalue weighted by Crippen LogP contribution is -2.12. The standard InChI is InChI=1S/C13H14BrN3/c1-17-8-9(7-16-17)13-10-3-2-6-15-12(10)5-4-11(13)14/h4-5,7-8,15H,2-3,6H2,1H3. The third-order valence-electron chi connectivity index (χ3n) is 3.17. The Hall–Kier alpha value is -1.29. The van der Waals surface area contributed by atoms with E-state index >= 15 is 0 Å². The summed E-state index contributed by atoms with van der Waals surface area (Å²) >= 11 is 3.66. The third kappa shape index (κ3) is 1.86. The maximum Gasteiger partial charge on any atom is 0.0568 e. The number of nitrogens with one attached hydrogen (secondary N) is 1. The molecule has 1 N–H and O–H groups in total. The first-order valence-corrected chi connectivity index (χ1v) is 6.59. The van der Waals surface area contributed by atoms with Crippen LogP contribution in [0.15, 0.2) is 29.0 Å². The van der Waals surface area contributed by atoms with Crippen molar-refractivity contribution in [2.75, 3.05) is 11.9 Å². The minimum atomic E-state index is 1.07. The highest BCUT2D eigenvalue weighted by molar-refractivity contribution is 9.10. The van der Waals surface area contributed by atoms with Crippen LogP contribution in [0.2, 0.25) is 0 Å². The number of fused-ring (bicyclic) bond motifs is 1. The molecule has 0 fully saturated rings. The lowest BCUT2D eigenvalue weighted by atomic mass is 9.94. The van der Waals surface area contributed by atoms with E-state index in [1.165, 1.54) is 28.8 Å². The second kappa shape index (κ2) is 4.18. The van der Waals surface area contributed by atoms with Gasteiger partial charge in [-0.2, -0.15) is 5.10 Å². The molecule has 3 nitrogen and oxygen atoms in total. The van der Waals surface area contributed by atoms with Crippen molar-refractivity contribution in [3.8, 4) is 11.1 Å². The van der Waals surface area contributed by atoms with E-state index in [1.54, 1.807) is 0 Å². The summed E-state index contributed by atoms with van der Waals surface area (Å²) in [4.78, 5) is 0. The molecule has 0 unspecified atom stereocenters. The van der Waals surface area contributed by atoms with Crippen LogP contribution in [0.4, 0.5) is 5.69 Å². The summed E-state index contributed by atoms with van der Waals surface area (Å²) in [5.74, 6) is 0. The molecule has 1 aliphatic rings. The second-order valence-corrected chi connectivity index (χ2v) is 5.24. The average molecular weight is 292 g/mol. The Bertz CT molecular complexity index is 560. The normalized spacial score (nSPS) is 14.2. The number of benzene rings is 1. The third-order valence-corrected chi connectivity index (χ3v) is 3.84. The van der Waals surface area contributed by atoms with Crippen LogP contribution in [-0.2, 0) is 13.5 Å². The van der Waals surface area contributed by atoms with Gasteiger partial charge in [0.25, 0.3) is 0 Å².